The molecular weight excluding hydrogens is 248 g/mol. The van der Waals surface area contributed by atoms with Gasteiger partial charge in [0.1, 0.15) is 11.4 Å². The molecule has 0 atom stereocenters. The van der Waals surface area contributed by atoms with E-state index in [1.807, 2.05) is 20.8 Å². The van der Waals surface area contributed by atoms with E-state index < -0.39 is 10.7 Å². The van der Waals surface area contributed by atoms with E-state index in [2.05, 4.69) is 13.8 Å². The second-order valence-corrected chi connectivity index (χ2v) is 6.61. The number of rotatable bonds is 1. The highest BCUT2D eigenvalue weighted by Gasteiger charge is 2.30. The zero-order valence-corrected chi connectivity index (χ0v) is 12.5. The molecule has 4 heteroatoms. The van der Waals surface area contributed by atoms with Gasteiger partial charge in [0.2, 0.25) is 0 Å². The van der Waals surface area contributed by atoms with Gasteiger partial charge in [-0.25, -0.2) is 8.42 Å². The average molecular weight is 268 g/mol. The molecule has 0 saturated carbocycles. The highest BCUT2D eigenvalue weighted by atomic mass is 32.2. The van der Waals surface area contributed by atoms with Crippen LogP contribution in [-0.2, 0) is 17.1 Å². The summed E-state index contributed by atoms with van der Waals surface area (Å²) in [6, 6.07) is 0. The topological polar surface area (TPSA) is 43.4 Å². The van der Waals surface area contributed by atoms with Crippen LogP contribution in [0.15, 0.2) is 4.90 Å². The van der Waals surface area contributed by atoms with Crippen LogP contribution in [0.25, 0.3) is 0 Å². The lowest BCUT2D eigenvalue weighted by Gasteiger charge is -2.35. The number of hydrogen-bond donors (Lipinski definition) is 1. The van der Waals surface area contributed by atoms with E-state index in [4.69, 9.17) is 4.74 Å². The standard InChI is InChI=1S/C14H20O3S/c1-8-9(2)13(18(15)16)10(3)11-6-7-14(4,5)17-12(8)11/h18H,6-7H2,1-5H3. The van der Waals surface area contributed by atoms with Crippen LogP contribution < -0.4 is 4.74 Å². The Balaban J connectivity index is 2.74. The first kappa shape index (κ1) is 13.4. The van der Waals surface area contributed by atoms with Crippen LogP contribution in [0, 0.1) is 20.8 Å². The zero-order valence-electron chi connectivity index (χ0n) is 11.6. The van der Waals surface area contributed by atoms with Gasteiger partial charge in [-0.15, -0.1) is 0 Å². The molecule has 1 heterocycles. The first-order valence-corrected chi connectivity index (χ1v) is 7.38. The number of fused-ring (bicyclic) bond motifs is 1. The smallest absolute Gasteiger partial charge is 0.168 e. The van der Waals surface area contributed by atoms with Crippen molar-refractivity contribution in [3.8, 4) is 5.75 Å². The van der Waals surface area contributed by atoms with Crippen LogP contribution in [0.4, 0.5) is 0 Å². The Morgan fingerprint density at radius 3 is 2.22 bits per heavy atom. The van der Waals surface area contributed by atoms with Gasteiger partial charge < -0.3 is 4.74 Å². The van der Waals surface area contributed by atoms with Crippen molar-refractivity contribution in [2.24, 2.45) is 0 Å². The molecule has 0 fully saturated rings. The number of ether oxygens (including phenoxy) is 1. The first-order valence-electron chi connectivity index (χ1n) is 6.20. The highest BCUT2D eigenvalue weighted by molar-refractivity contribution is 7.72. The van der Waals surface area contributed by atoms with Gasteiger partial charge in [0, 0.05) is 0 Å². The zero-order chi connectivity index (χ0) is 13.7. The predicted octanol–water partition coefficient (Wildman–Crippen LogP) is 2.69. The van der Waals surface area contributed by atoms with Crippen molar-refractivity contribution in [1.82, 2.24) is 0 Å². The molecule has 0 aromatic heterocycles. The Morgan fingerprint density at radius 1 is 1.06 bits per heavy atom. The van der Waals surface area contributed by atoms with Gasteiger partial charge in [0.25, 0.3) is 0 Å². The van der Waals surface area contributed by atoms with E-state index in [1.165, 1.54) is 0 Å². The van der Waals surface area contributed by atoms with Crippen LogP contribution in [-0.4, -0.2) is 14.0 Å². The summed E-state index contributed by atoms with van der Waals surface area (Å²) in [5.41, 5.74) is 3.53. The highest BCUT2D eigenvalue weighted by Crippen LogP contribution is 2.41. The molecule has 2 rings (SSSR count). The molecule has 0 spiro atoms. The fourth-order valence-corrected chi connectivity index (χ4v) is 3.49. The van der Waals surface area contributed by atoms with E-state index in [0.717, 1.165) is 40.8 Å². The lowest BCUT2D eigenvalue weighted by molar-refractivity contribution is 0.0832. The Kier molecular flexibility index (Phi) is 3.18. The molecule has 18 heavy (non-hydrogen) atoms. The van der Waals surface area contributed by atoms with Gasteiger partial charge in [0.05, 0.1) is 4.90 Å². The number of benzene rings is 1. The maximum Gasteiger partial charge on any atom is 0.168 e. The molecule has 1 aliphatic rings. The van der Waals surface area contributed by atoms with Crippen molar-refractivity contribution in [3.05, 3.63) is 22.3 Å². The van der Waals surface area contributed by atoms with Gasteiger partial charge >= 0.3 is 0 Å². The fourth-order valence-electron chi connectivity index (χ4n) is 2.64. The van der Waals surface area contributed by atoms with Gasteiger partial charge in [-0.1, -0.05) is 0 Å². The monoisotopic (exact) mass is 268 g/mol. The normalized spacial score (nSPS) is 17.4. The van der Waals surface area contributed by atoms with Crippen molar-refractivity contribution in [1.29, 1.82) is 0 Å². The SMILES string of the molecule is Cc1c(C)c([SH](=O)=O)c(C)c2c1OC(C)(C)CC2. The summed E-state index contributed by atoms with van der Waals surface area (Å²) in [6.45, 7) is 9.82. The molecule has 100 valence electrons. The fraction of sp³-hybridized carbons (Fsp3) is 0.571. The maximum absolute atomic E-state index is 11.4. The predicted molar refractivity (Wildman–Crippen MR) is 72.3 cm³/mol. The molecule has 0 unspecified atom stereocenters. The molecule has 0 amide bonds. The van der Waals surface area contributed by atoms with Crippen molar-refractivity contribution in [2.75, 3.05) is 0 Å². The quantitative estimate of drug-likeness (QED) is 0.796. The Bertz CT molecular complexity index is 575. The first-order chi connectivity index (χ1) is 8.24. The third-order valence-electron chi connectivity index (χ3n) is 3.88. The number of thiol groups is 1. The lowest BCUT2D eigenvalue weighted by atomic mass is 9.88. The summed E-state index contributed by atoms with van der Waals surface area (Å²) >= 11 is 0. The van der Waals surface area contributed by atoms with E-state index in [9.17, 15) is 8.42 Å². The van der Waals surface area contributed by atoms with E-state index in [0.29, 0.717) is 4.90 Å². The van der Waals surface area contributed by atoms with Crippen LogP contribution in [0.5, 0.6) is 5.75 Å². The summed E-state index contributed by atoms with van der Waals surface area (Å²) in [6.07, 6.45) is 1.80. The molecule has 1 aliphatic heterocycles. The summed E-state index contributed by atoms with van der Waals surface area (Å²) in [5, 5.41) is 0. The van der Waals surface area contributed by atoms with E-state index >= 15 is 0 Å². The summed E-state index contributed by atoms with van der Waals surface area (Å²) in [4.78, 5) is 0.476. The largest absolute Gasteiger partial charge is 0.487 e. The maximum atomic E-state index is 11.4. The Morgan fingerprint density at radius 2 is 1.67 bits per heavy atom. The van der Waals surface area contributed by atoms with Crippen molar-refractivity contribution in [3.63, 3.8) is 0 Å². The molecule has 0 bridgehead atoms. The third-order valence-corrected chi connectivity index (χ3v) is 4.91. The van der Waals surface area contributed by atoms with Crippen molar-refractivity contribution in [2.45, 2.75) is 58.0 Å². The third kappa shape index (κ3) is 2.03. The van der Waals surface area contributed by atoms with Gasteiger partial charge in [-0.3, -0.25) is 0 Å². The molecule has 0 saturated heterocycles. The van der Waals surface area contributed by atoms with Gasteiger partial charge in [0.15, 0.2) is 10.7 Å². The molecule has 0 N–H and O–H groups in total. The Labute approximate surface area is 110 Å². The van der Waals surface area contributed by atoms with Gasteiger partial charge in [-0.2, -0.15) is 0 Å². The molecule has 0 radical (unpaired) electrons. The molecular formula is C14H20O3S. The van der Waals surface area contributed by atoms with Crippen molar-refractivity contribution >= 4 is 10.7 Å². The second-order valence-electron chi connectivity index (χ2n) is 5.65. The summed E-state index contributed by atoms with van der Waals surface area (Å²) < 4.78 is 28.9. The summed E-state index contributed by atoms with van der Waals surface area (Å²) in [7, 11) is -2.55. The minimum atomic E-state index is -2.55. The molecule has 0 aliphatic carbocycles. The Hall–Kier alpha value is -1.03. The summed E-state index contributed by atoms with van der Waals surface area (Å²) in [5.74, 6) is 0.891. The minimum Gasteiger partial charge on any atom is -0.487 e. The molecule has 1 aromatic carbocycles. The van der Waals surface area contributed by atoms with Crippen LogP contribution >= 0.6 is 0 Å². The molecule has 1 aromatic rings. The van der Waals surface area contributed by atoms with Crippen molar-refractivity contribution < 1.29 is 13.2 Å². The molecule has 3 nitrogen and oxygen atoms in total. The minimum absolute atomic E-state index is 0.169. The average Bonchev–Trinajstić information content (AvgIpc) is 2.24. The van der Waals surface area contributed by atoms with E-state index in [-0.39, 0.29) is 5.60 Å². The van der Waals surface area contributed by atoms with E-state index in [1.54, 1.807) is 0 Å². The van der Waals surface area contributed by atoms with Crippen LogP contribution in [0.3, 0.4) is 0 Å². The lowest BCUT2D eigenvalue weighted by Crippen LogP contribution is -2.33. The van der Waals surface area contributed by atoms with Crippen LogP contribution in [0.1, 0.15) is 42.5 Å². The number of hydrogen-bond acceptors (Lipinski definition) is 3. The second kappa shape index (κ2) is 4.26. The van der Waals surface area contributed by atoms with Gasteiger partial charge in [-0.05, 0) is 69.7 Å². The van der Waals surface area contributed by atoms with Crippen LogP contribution in [0.2, 0.25) is 0 Å².